The number of piperazine rings is 1. The third-order valence-corrected chi connectivity index (χ3v) is 6.61. The normalized spacial score (nSPS) is 32.7. The number of hydrogen-bond acceptors (Lipinski definition) is 9. The maximum Gasteiger partial charge on any atom is 0.404 e. The van der Waals surface area contributed by atoms with Crippen molar-refractivity contribution in [1.29, 1.82) is 0 Å². The molecule has 3 heterocycles. The fraction of sp³-hybridized carbons (Fsp3) is 0.632. The Morgan fingerprint density at radius 3 is 2.59 bits per heavy atom. The fourth-order valence-corrected chi connectivity index (χ4v) is 5.07. The standard InChI is InChI=1S/C19H27N5O5/c1-4-23(5-2)6-9-13(20)16(26)12-10(8-29-18(21)27)19(28-3)17-11(22-17)7-24(19)14(12)15(9)25/h10-11,17,22H,4-8,20H2,1-3H3,(H2,21,27)/t10-,11+,17+,19-/m1/s1. The number of primary amides is 1. The van der Waals surface area contributed by atoms with Gasteiger partial charge in [-0.1, -0.05) is 13.8 Å². The number of allylic oxidation sites excluding steroid dienone is 2. The molecule has 0 aromatic carbocycles. The minimum absolute atomic E-state index is 0.0440. The van der Waals surface area contributed by atoms with E-state index in [0.29, 0.717) is 24.4 Å². The first-order chi connectivity index (χ1) is 13.8. The molecule has 1 aliphatic carbocycles. The predicted octanol–water partition coefficient (Wildman–Crippen LogP) is -1.33. The lowest BCUT2D eigenvalue weighted by atomic mass is 9.82. The number of nitrogens with zero attached hydrogens (tertiary/aromatic N) is 2. The van der Waals surface area contributed by atoms with Crippen LogP contribution in [-0.4, -0.2) is 85.2 Å². The second kappa shape index (κ2) is 6.82. The summed E-state index contributed by atoms with van der Waals surface area (Å²) in [4.78, 5) is 42.0. The van der Waals surface area contributed by atoms with E-state index < -0.39 is 23.5 Å². The van der Waals surface area contributed by atoms with Crippen LogP contribution in [0.5, 0.6) is 0 Å². The molecule has 0 bridgehead atoms. The Kier molecular flexibility index (Phi) is 4.67. The zero-order chi connectivity index (χ0) is 21.1. The van der Waals surface area contributed by atoms with Crippen molar-refractivity contribution in [3.05, 3.63) is 22.5 Å². The molecule has 5 N–H and O–H groups in total. The van der Waals surface area contributed by atoms with Gasteiger partial charge < -0.3 is 31.2 Å². The van der Waals surface area contributed by atoms with Crippen LogP contribution in [0.15, 0.2) is 22.5 Å². The highest BCUT2D eigenvalue weighted by atomic mass is 16.6. The molecule has 4 rings (SSSR count). The van der Waals surface area contributed by atoms with Crippen LogP contribution in [0.4, 0.5) is 4.79 Å². The molecule has 10 nitrogen and oxygen atoms in total. The van der Waals surface area contributed by atoms with Gasteiger partial charge in [0.2, 0.25) is 11.6 Å². The van der Waals surface area contributed by atoms with Crippen molar-refractivity contribution in [1.82, 2.24) is 15.1 Å². The minimum Gasteiger partial charge on any atom is -0.449 e. The number of carbonyl (C=O) groups excluding carboxylic acids is 3. The summed E-state index contributed by atoms with van der Waals surface area (Å²) in [7, 11) is 1.54. The van der Waals surface area contributed by atoms with Gasteiger partial charge in [0.15, 0.2) is 5.72 Å². The smallest absolute Gasteiger partial charge is 0.404 e. The van der Waals surface area contributed by atoms with E-state index in [0.717, 1.165) is 13.1 Å². The Balaban J connectivity index is 1.77. The number of fused-ring (bicyclic) bond motifs is 4. The first-order valence-electron chi connectivity index (χ1n) is 9.87. The van der Waals surface area contributed by atoms with E-state index in [1.807, 2.05) is 23.6 Å². The minimum atomic E-state index is -0.985. The fourth-order valence-electron chi connectivity index (χ4n) is 5.07. The molecule has 3 aliphatic heterocycles. The number of rotatable bonds is 7. The quantitative estimate of drug-likeness (QED) is 0.346. The van der Waals surface area contributed by atoms with E-state index in [-0.39, 0.29) is 35.7 Å². The van der Waals surface area contributed by atoms with Crippen LogP contribution in [0.2, 0.25) is 0 Å². The van der Waals surface area contributed by atoms with Crippen LogP contribution in [0.1, 0.15) is 13.8 Å². The van der Waals surface area contributed by atoms with Crippen molar-refractivity contribution in [3.63, 3.8) is 0 Å². The molecule has 10 heteroatoms. The third-order valence-electron chi connectivity index (χ3n) is 6.61. The molecule has 0 radical (unpaired) electrons. The molecular formula is C19H27N5O5. The van der Waals surface area contributed by atoms with Gasteiger partial charge in [0.05, 0.1) is 23.4 Å². The number of methoxy groups -OCH3 is 1. The number of ether oxygens (including phenoxy) is 2. The van der Waals surface area contributed by atoms with Crippen LogP contribution >= 0.6 is 0 Å². The average molecular weight is 405 g/mol. The zero-order valence-electron chi connectivity index (χ0n) is 16.9. The number of ketones is 2. The molecule has 4 atom stereocenters. The van der Waals surface area contributed by atoms with Gasteiger partial charge in [0, 0.05) is 37.4 Å². The van der Waals surface area contributed by atoms with Crippen LogP contribution in [-0.2, 0) is 19.1 Å². The highest BCUT2D eigenvalue weighted by molar-refractivity contribution is 6.25. The van der Waals surface area contributed by atoms with Gasteiger partial charge in [0.1, 0.15) is 6.61 Å². The summed E-state index contributed by atoms with van der Waals surface area (Å²) in [5, 5.41) is 3.32. The largest absolute Gasteiger partial charge is 0.449 e. The molecule has 1 amide bonds. The molecule has 0 spiro atoms. The van der Waals surface area contributed by atoms with E-state index >= 15 is 0 Å². The van der Waals surface area contributed by atoms with Gasteiger partial charge in [-0.2, -0.15) is 0 Å². The summed E-state index contributed by atoms with van der Waals surface area (Å²) in [6.07, 6.45) is -0.949. The lowest BCUT2D eigenvalue weighted by molar-refractivity contribution is -0.137. The van der Waals surface area contributed by atoms with Crippen molar-refractivity contribution >= 4 is 17.7 Å². The lowest BCUT2D eigenvalue weighted by Crippen LogP contribution is -2.55. The molecule has 0 unspecified atom stereocenters. The highest BCUT2D eigenvalue weighted by Gasteiger charge is 2.72. The van der Waals surface area contributed by atoms with Crippen LogP contribution < -0.4 is 16.8 Å². The molecule has 2 fully saturated rings. The Morgan fingerprint density at radius 1 is 1.31 bits per heavy atom. The Bertz CT molecular complexity index is 848. The maximum atomic E-state index is 13.5. The van der Waals surface area contributed by atoms with E-state index in [1.165, 1.54) is 7.11 Å². The van der Waals surface area contributed by atoms with Crippen molar-refractivity contribution in [2.75, 3.05) is 39.9 Å². The van der Waals surface area contributed by atoms with Crippen molar-refractivity contribution in [2.24, 2.45) is 17.4 Å². The molecule has 0 aromatic heterocycles. The zero-order valence-corrected chi connectivity index (χ0v) is 16.9. The summed E-state index contributed by atoms with van der Waals surface area (Å²) < 4.78 is 11.0. The topological polar surface area (TPSA) is 150 Å². The first-order valence-corrected chi connectivity index (χ1v) is 9.87. The van der Waals surface area contributed by atoms with Gasteiger partial charge in [-0.3, -0.25) is 14.5 Å². The molecule has 0 aromatic rings. The summed E-state index contributed by atoms with van der Waals surface area (Å²) in [5.41, 5.74) is 11.2. The Labute approximate surface area is 168 Å². The van der Waals surface area contributed by atoms with Crippen LogP contribution in [0.3, 0.4) is 0 Å². The molecule has 4 aliphatic rings. The Morgan fingerprint density at radius 2 is 2.00 bits per heavy atom. The third kappa shape index (κ3) is 2.62. The maximum absolute atomic E-state index is 13.5. The van der Waals surface area contributed by atoms with E-state index in [1.54, 1.807) is 0 Å². The number of Topliss-reactive ketones (excluding diaryl/α,β-unsaturated/α-hetero) is 2. The molecule has 2 saturated heterocycles. The second-order valence-corrected chi connectivity index (χ2v) is 7.77. The van der Waals surface area contributed by atoms with E-state index in [2.05, 4.69) is 5.32 Å². The predicted molar refractivity (Wildman–Crippen MR) is 102 cm³/mol. The Hall–Kier alpha value is -2.43. The summed E-state index contributed by atoms with van der Waals surface area (Å²) in [6, 6.07) is 0.0742. The molecule has 158 valence electrons. The van der Waals surface area contributed by atoms with Crippen molar-refractivity contribution in [3.8, 4) is 0 Å². The average Bonchev–Trinajstić information content (AvgIpc) is 3.31. The SMILES string of the molecule is CCN(CC)CC1=C(N)C(=O)C2=C(C1=O)N1C[C@@H]3N[C@@H]3[C@]1(OC)[C@@H]2COC(N)=O. The number of nitrogens with one attached hydrogen (secondary N) is 1. The highest BCUT2D eigenvalue weighted by Crippen LogP contribution is 2.55. The number of amides is 1. The van der Waals surface area contributed by atoms with Gasteiger partial charge in [-0.05, 0) is 13.1 Å². The molecule has 29 heavy (non-hydrogen) atoms. The summed E-state index contributed by atoms with van der Waals surface area (Å²) in [5.74, 6) is -1.32. The first kappa shape index (κ1) is 19.9. The number of likely N-dealkylation sites (N-methyl/N-ethyl adjacent to an activating group) is 1. The summed E-state index contributed by atoms with van der Waals surface area (Å²) >= 11 is 0. The van der Waals surface area contributed by atoms with Gasteiger partial charge >= 0.3 is 6.09 Å². The monoisotopic (exact) mass is 405 g/mol. The lowest BCUT2D eigenvalue weighted by Gasteiger charge is -2.39. The number of hydrogen-bond donors (Lipinski definition) is 3. The van der Waals surface area contributed by atoms with Gasteiger partial charge in [-0.25, -0.2) is 4.79 Å². The van der Waals surface area contributed by atoms with E-state index in [9.17, 15) is 14.4 Å². The van der Waals surface area contributed by atoms with Crippen LogP contribution in [0, 0.1) is 5.92 Å². The number of carbonyl (C=O) groups is 3. The van der Waals surface area contributed by atoms with Crippen LogP contribution in [0.25, 0.3) is 0 Å². The van der Waals surface area contributed by atoms with Gasteiger partial charge in [0.25, 0.3) is 0 Å². The van der Waals surface area contributed by atoms with Crippen molar-refractivity contribution < 1.29 is 23.9 Å². The molecule has 0 saturated carbocycles. The van der Waals surface area contributed by atoms with Gasteiger partial charge in [-0.15, -0.1) is 0 Å². The number of nitrogens with two attached hydrogens (primary N) is 2. The van der Waals surface area contributed by atoms with E-state index in [4.69, 9.17) is 20.9 Å². The van der Waals surface area contributed by atoms with Crippen molar-refractivity contribution in [2.45, 2.75) is 31.7 Å². The second-order valence-electron chi connectivity index (χ2n) is 7.77. The molecular weight excluding hydrogens is 378 g/mol. The summed E-state index contributed by atoms with van der Waals surface area (Å²) in [6.45, 7) is 6.11.